The zero-order chi connectivity index (χ0) is 21.9. The molecule has 0 bridgehead atoms. The number of rotatable bonds is 6. The lowest BCUT2D eigenvalue weighted by atomic mass is 9.98. The molecule has 3 rings (SSSR count). The van der Waals surface area contributed by atoms with Crippen molar-refractivity contribution in [3.05, 3.63) is 54.2 Å². The number of aromatic nitrogens is 1. The van der Waals surface area contributed by atoms with Crippen LogP contribution in [0.1, 0.15) is 18.4 Å². The van der Waals surface area contributed by atoms with E-state index in [4.69, 9.17) is 0 Å². The van der Waals surface area contributed by atoms with E-state index >= 15 is 0 Å². The van der Waals surface area contributed by atoms with Crippen molar-refractivity contribution in [3.63, 3.8) is 0 Å². The van der Waals surface area contributed by atoms with Crippen molar-refractivity contribution in [1.29, 1.82) is 0 Å². The van der Waals surface area contributed by atoms with Gasteiger partial charge in [-0.05, 0) is 54.8 Å². The maximum Gasteiger partial charge on any atom is 0.257 e. The van der Waals surface area contributed by atoms with Gasteiger partial charge in [-0.25, -0.2) is 22.2 Å². The normalized spacial score (nSPS) is 22.1. The van der Waals surface area contributed by atoms with Crippen LogP contribution < -0.4 is 5.32 Å². The van der Waals surface area contributed by atoms with Crippen molar-refractivity contribution in [3.8, 4) is 0 Å². The molecule has 1 aromatic heterocycles. The summed E-state index contributed by atoms with van der Waals surface area (Å²) >= 11 is 1.52. The molecule has 1 aliphatic rings. The third kappa shape index (κ3) is 5.46. The first-order chi connectivity index (χ1) is 14.2. The van der Waals surface area contributed by atoms with Crippen LogP contribution in [0.2, 0.25) is 0 Å². The van der Waals surface area contributed by atoms with Gasteiger partial charge in [-0.2, -0.15) is 0 Å². The zero-order valence-corrected chi connectivity index (χ0v) is 18.1. The number of thioether (sulfide) groups is 1. The number of amides is 1. The smallest absolute Gasteiger partial charge is 0.257 e. The molecule has 30 heavy (non-hydrogen) atoms. The number of halogens is 2. The monoisotopic (exact) mass is 452 g/mol. The number of nitrogens with zero attached hydrogens (tertiary/aromatic N) is 1. The molecule has 0 spiro atoms. The molecular weight excluding hydrogens is 430 g/mol. The minimum absolute atomic E-state index is 0.0000393. The summed E-state index contributed by atoms with van der Waals surface area (Å²) in [7, 11) is -3.39. The molecule has 3 atom stereocenters. The average molecular weight is 453 g/mol. The van der Waals surface area contributed by atoms with Crippen LogP contribution >= 0.6 is 11.8 Å². The SMILES string of the molecule is CSc1ccc(NC(=O)/C(=C/[C@H]2C[C@@H](F)[C@@H](F)C2)c2ccc(S(C)(=O)=O)cc2)nc1. The van der Waals surface area contributed by atoms with Crippen LogP contribution in [0.15, 0.2) is 58.5 Å². The molecule has 2 aromatic rings. The first-order valence-corrected chi connectivity index (χ1v) is 12.4. The van der Waals surface area contributed by atoms with Crippen molar-refractivity contribution >= 4 is 38.9 Å². The van der Waals surface area contributed by atoms with E-state index in [0.717, 1.165) is 11.2 Å². The van der Waals surface area contributed by atoms with E-state index in [1.165, 1.54) is 36.0 Å². The third-order valence-electron chi connectivity index (χ3n) is 4.90. The summed E-state index contributed by atoms with van der Waals surface area (Å²) in [4.78, 5) is 18.2. The minimum Gasteiger partial charge on any atom is -0.307 e. The van der Waals surface area contributed by atoms with Gasteiger partial charge in [0.1, 0.15) is 18.2 Å². The van der Waals surface area contributed by atoms with Crippen molar-refractivity contribution < 1.29 is 22.0 Å². The number of anilines is 1. The largest absolute Gasteiger partial charge is 0.307 e. The Kier molecular flexibility index (Phi) is 6.92. The number of carbonyl (C=O) groups is 1. The number of hydrogen-bond acceptors (Lipinski definition) is 5. The minimum atomic E-state index is -3.39. The summed E-state index contributed by atoms with van der Waals surface area (Å²) in [6.45, 7) is 0. The van der Waals surface area contributed by atoms with Crippen LogP contribution in [0.3, 0.4) is 0 Å². The van der Waals surface area contributed by atoms with Gasteiger partial charge in [0.25, 0.3) is 5.91 Å². The molecule has 1 saturated carbocycles. The van der Waals surface area contributed by atoms with Gasteiger partial charge in [0, 0.05) is 22.9 Å². The summed E-state index contributed by atoms with van der Waals surface area (Å²) in [5, 5.41) is 2.70. The number of nitrogens with one attached hydrogen (secondary N) is 1. The number of carbonyl (C=O) groups excluding carboxylic acids is 1. The van der Waals surface area contributed by atoms with Gasteiger partial charge in [0.05, 0.1) is 4.90 Å². The van der Waals surface area contributed by atoms with Gasteiger partial charge in [-0.1, -0.05) is 18.2 Å². The highest BCUT2D eigenvalue weighted by Gasteiger charge is 2.34. The number of sulfone groups is 1. The topological polar surface area (TPSA) is 76.1 Å². The Bertz CT molecular complexity index is 1030. The Morgan fingerprint density at radius 3 is 2.27 bits per heavy atom. The van der Waals surface area contributed by atoms with Crippen LogP contribution in [-0.4, -0.2) is 44.2 Å². The second-order valence-corrected chi connectivity index (χ2v) is 10.1. The van der Waals surface area contributed by atoms with E-state index in [1.54, 1.807) is 18.3 Å². The van der Waals surface area contributed by atoms with Gasteiger partial charge in [-0.15, -0.1) is 11.8 Å². The highest BCUT2D eigenvalue weighted by Crippen LogP contribution is 2.34. The fourth-order valence-corrected chi connectivity index (χ4v) is 4.28. The Labute approximate surface area is 178 Å². The molecule has 0 unspecified atom stereocenters. The number of hydrogen-bond donors (Lipinski definition) is 1. The molecule has 0 radical (unpaired) electrons. The molecule has 0 saturated heterocycles. The predicted octanol–water partition coefficient (Wildman–Crippen LogP) is 4.32. The van der Waals surface area contributed by atoms with Gasteiger partial charge in [0.15, 0.2) is 9.84 Å². The van der Waals surface area contributed by atoms with Crippen molar-refractivity contribution in [1.82, 2.24) is 4.98 Å². The van der Waals surface area contributed by atoms with E-state index < -0.39 is 34.0 Å². The maximum atomic E-state index is 13.6. The van der Waals surface area contributed by atoms with Gasteiger partial charge in [-0.3, -0.25) is 4.79 Å². The molecule has 9 heteroatoms. The van der Waals surface area contributed by atoms with Crippen LogP contribution in [-0.2, 0) is 14.6 Å². The summed E-state index contributed by atoms with van der Waals surface area (Å²) < 4.78 is 50.7. The molecule has 5 nitrogen and oxygen atoms in total. The van der Waals surface area contributed by atoms with Gasteiger partial charge < -0.3 is 5.32 Å². The van der Waals surface area contributed by atoms with E-state index in [1.807, 2.05) is 12.3 Å². The first-order valence-electron chi connectivity index (χ1n) is 9.29. The summed E-state index contributed by atoms with van der Waals surface area (Å²) in [5.74, 6) is -0.573. The maximum absolute atomic E-state index is 13.6. The van der Waals surface area contributed by atoms with Crippen LogP contribution in [0.4, 0.5) is 14.6 Å². The van der Waals surface area contributed by atoms with Crippen molar-refractivity contribution in [2.24, 2.45) is 5.92 Å². The molecule has 1 aliphatic carbocycles. The Hall–Kier alpha value is -2.26. The van der Waals surface area contributed by atoms with E-state index in [0.29, 0.717) is 11.4 Å². The van der Waals surface area contributed by atoms with E-state index in [2.05, 4.69) is 10.3 Å². The Balaban J connectivity index is 1.91. The van der Waals surface area contributed by atoms with Gasteiger partial charge >= 0.3 is 0 Å². The number of allylic oxidation sites excluding steroid dienone is 1. The number of benzene rings is 1. The molecular formula is C21H22F2N2O3S2. The fraction of sp³-hybridized carbons (Fsp3) is 0.333. The molecule has 0 aliphatic heterocycles. The predicted molar refractivity (Wildman–Crippen MR) is 115 cm³/mol. The lowest BCUT2D eigenvalue weighted by molar-refractivity contribution is -0.111. The Morgan fingerprint density at radius 2 is 1.77 bits per heavy atom. The Morgan fingerprint density at radius 1 is 1.13 bits per heavy atom. The summed E-state index contributed by atoms with van der Waals surface area (Å²) in [6, 6.07) is 9.32. The lowest BCUT2D eigenvalue weighted by Crippen LogP contribution is -2.15. The molecule has 160 valence electrons. The second kappa shape index (κ2) is 9.26. The number of pyridine rings is 1. The third-order valence-corrected chi connectivity index (χ3v) is 6.74. The number of alkyl halides is 2. The van der Waals surface area contributed by atoms with Crippen LogP contribution in [0, 0.1) is 5.92 Å². The first kappa shape index (κ1) is 22.4. The second-order valence-electron chi connectivity index (χ2n) is 7.18. The van der Waals surface area contributed by atoms with Crippen molar-refractivity contribution in [2.45, 2.75) is 35.0 Å². The molecule has 1 amide bonds. The lowest BCUT2D eigenvalue weighted by Gasteiger charge is -2.12. The highest BCUT2D eigenvalue weighted by molar-refractivity contribution is 7.98. The average Bonchev–Trinajstić information content (AvgIpc) is 3.03. The molecule has 1 aromatic carbocycles. The highest BCUT2D eigenvalue weighted by atomic mass is 32.2. The van der Waals surface area contributed by atoms with E-state index in [-0.39, 0.29) is 23.3 Å². The van der Waals surface area contributed by atoms with Crippen LogP contribution in [0.25, 0.3) is 5.57 Å². The van der Waals surface area contributed by atoms with Crippen molar-refractivity contribution in [2.75, 3.05) is 17.8 Å². The summed E-state index contributed by atoms with van der Waals surface area (Å²) in [6.07, 6.45) is 3.09. The van der Waals surface area contributed by atoms with Gasteiger partial charge in [0.2, 0.25) is 0 Å². The molecule has 1 heterocycles. The fourth-order valence-electron chi connectivity index (χ4n) is 3.29. The standard InChI is InChI=1S/C21H22F2N2O3S2/c1-29-15-5-8-20(24-12-15)25-21(26)17(9-13-10-18(22)19(23)11-13)14-3-6-16(7-4-14)30(2,27)28/h3-9,12-13,18-19H,10-11H2,1-2H3,(H,24,25,26)/b17-9+/t13-,18+,19-. The van der Waals surface area contributed by atoms with Crippen LogP contribution in [0.5, 0.6) is 0 Å². The molecule has 1 N–H and O–H groups in total. The summed E-state index contributed by atoms with van der Waals surface area (Å²) in [5.41, 5.74) is 0.676. The molecule has 1 fully saturated rings. The quantitative estimate of drug-likeness (QED) is 0.522. The zero-order valence-electron chi connectivity index (χ0n) is 16.5. The van der Waals surface area contributed by atoms with E-state index in [9.17, 15) is 22.0 Å².